The molecule has 4 rings (SSSR count). The summed E-state index contributed by atoms with van der Waals surface area (Å²) in [5, 5.41) is 3.31. The number of rotatable bonds is 3. The Morgan fingerprint density at radius 1 is 1.25 bits per heavy atom. The molecule has 124 valence electrons. The molecule has 0 radical (unpaired) electrons. The van der Waals surface area contributed by atoms with Crippen LogP contribution in [0.5, 0.6) is 0 Å². The van der Waals surface area contributed by atoms with Crippen molar-refractivity contribution in [3.8, 4) is 0 Å². The predicted octanol–water partition coefficient (Wildman–Crippen LogP) is 2.71. The van der Waals surface area contributed by atoms with E-state index in [1.54, 1.807) is 12.6 Å². The third kappa shape index (κ3) is 3.38. The molecule has 3 aliphatic rings. The van der Waals surface area contributed by atoms with Crippen molar-refractivity contribution in [2.45, 2.75) is 32.2 Å². The molecule has 0 fully saturated rings. The zero-order chi connectivity index (χ0) is 16.2. The SMILES string of the molecule is C1=CCCC(CC2=COCC(=Nc3ncnc4c3CCNC4)O2)=C1. The average Bonchev–Trinajstić information content (AvgIpc) is 2.63. The van der Waals surface area contributed by atoms with E-state index in [9.17, 15) is 0 Å². The summed E-state index contributed by atoms with van der Waals surface area (Å²) in [4.78, 5) is 13.2. The molecule has 24 heavy (non-hydrogen) atoms. The van der Waals surface area contributed by atoms with E-state index >= 15 is 0 Å². The molecule has 0 unspecified atom stereocenters. The fraction of sp³-hybridized carbons (Fsp3) is 0.389. The first-order chi connectivity index (χ1) is 11.9. The van der Waals surface area contributed by atoms with E-state index in [2.05, 4.69) is 38.5 Å². The van der Waals surface area contributed by atoms with Crippen molar-refractivity contribution in [2.75, 3.05) is 13.2 Å². The molecule has 0 aromatic carbocycles. The first kappa shape index (κ1) is 15.1. The zero-order valence-electron chi connectivity index (χ0n) is 13.5. The van der Waals surface area contributed by atoms with E-state index < -0.39 is 0 Å². The summed E-state index contributed by atoms with van der Waals surface area (Å²) in [6, 6.07) is 0. The molecular weight excluding hydrogens is 304 g/mol. The van der Waals surface area contributed by atoms with Crippen LogP contribution in [0.4, 0.5) is 5.82 Å². The van der Waals surface area contributed by atoms with Crippen LogP contribution in [0.25, 0.3) is 0 Å². The lowest BCUT2D eigenvalue weighted by Gasteiger charge is -2.20. The lowest BCUT2D eigenvalue weighted by Crippen LogP contribution is -2.25. The van der Waals surface area contributed by atoms with Gasteiger partial charge < -0.3 is 14.8 Å². The van der Waals surface area contributed by atoms with Crippen LogP contribution in [0, 0.1) is 0 Å². The summed E-state index contributed by atoms with van der Waals surface area (Å²) in [5.41, 5.74) is 3.46. The highest BCUT2D eigenvalue weighted by molar-refractivity contribution is 5.82. The number of nitrogens with zero attached hydrogens (tertiary/aromatic N) is 3. The minimum atomic E-state index is 0.333. The van der Waals surface area contributed by atoms with E-state index in [0.717, 1.165) is 55.8 Å². The van der Waals surface area contributed by atoms with Crippen LogP contribution in [0.2, 0.25) is 0 Å². The minimum Gasteiger partial charge on any atom is -0.488 e. The van der Waals surface area contributed by atoms with Crippen molar-refractivity contribution in [1.29, 1.82) is 0 Å². The van der Waals surface area contributed by atoms with Gasteiger partial charge in [-0.25, -0.2) is 9.97 Å². The fourth-order valence-electron chi connectivity index (χ4n) is 3.05. The number of allylic oxidation sites excluding steroid dienone is 4. The minimum absolute atomic E-state index is 0.333. The van der Waals surface area contributed by atoms with Crippen LogP contribution in [0.3, 0.4) is 0 Å². The molecule has 0 saturated carbocycles. The number of aliphatic imine (C=N–C) groups is 1. The number of hydrogen-bond donors (Lipinski definition) is 1. The molecule has 0 bridgehead atoms. The van der Waals surface area contributed by atoms with Crippen molar-refractivity contribution in [3.63, 3.8) is 0 Å². The molecule has 6 nitrogen and oxygen atoms in total. The standard InChI is InChI=1S/C18H20N4O2/c1-2-4-13(5-3-1)8-14-10-23-11-17(24-14)22-18-15-6-7-19-9-16(15)20-12-21-18/h1-2,4,10,12,19H,3,5-9,11H2. The highest BCUT2D eigenvalue weighted by Crippen LogP contribution is 2.25. The second kappa shape index (κ2) is 6.97. The summed E-state index contributed by atoms with van der Waals surface area (Å²) < 4.78 is 11.5. The molecule has 3 heterocycles. The largest absolute Gasteiger partial charge is 0.488 e. The van der Waals surface area contributed by atoms with E-state index in [1.807, 2.05) is 0 Å². The summed E-state index contributed by atoms with van der Waals surface area (Å²) >= 11 is 0. The predicted molar refractivity (Wildman–Crippen MR) is 90.7 cm³/mol. The molecular formula is C18H20N4O2. The van der Waals surface area contributed by atoms with Crippen molar-refractivity contribution in [3.05, 3.63) is 53.4 Å². The maximum atomic E-state index is 5.93. The number of aromatic nitrogens is 2. The molecule has 0 saturated heterocycles. The number of ether oxygens (including phenoxy) is 2. The van der Waals surface area contributed by atoms with Gasteiger partial charge in [0.2, 0.25) is 5.90 Å². The second-order valence-corrected chi connectivity index (χ2v) is 6.02. The lowest BCUT2D eigenvalue weighted by molar-refractivity contribution is 0.211. The molecule has 0 atom stereocenters. The Kier molecular flexibility index (Phi) is 4.38. The molecule has 6 heteroatoms. The third-order valence-corrected chi connectivity index (χ3v) is 4.26. The van der Waals surface area contributed by atoms with Gasteiger partial charge >= 0.3 is 0 Å². The maximum Gasteiger partial charge on any atom is 0.234 e. The van der Waals surface area contributed by atoms with Crippen LogP contribution in [0.1, 0.15) is 30.5 Å². The van der Waals surface area contributed by atoms with Gasteiger partial charge in [-0.3, -0.25) is 0 Å². The molecule has 1 aliphatic carbocycles. The Hall–Kier alpha value is -2.47. The van der Waals surface area contributed by atoms with Crippen LogP contribution in [-0.2, 0) is 22.4 Å². The van der Waals surface area contributed by atoms with Gasteiger partial charge in [0, 0.05) is 18.5 Å². The summed E-state index contributed by atoms with van der Waals surface area (Å²) in [7, 11) is 0. The molecule has 0 amide bonds. The highest BCUT2D eigenvalue weighted by Gasteiger charge is 2.18. The smallest absolute Gasteiger partial charge is 0.234 e. The highest BCUT2D eigenvalue weighted by atomic mass is 16.6. The van der Waals surface area contributed by atoms with Gasteiger partial charge in [-0.2, -0.15) is 4.99 Å². The van der Waals surface area contributed by atoms with E-state index in [1.165, 1.54) is 5.57 Å². The van der Waals surface area contributed by atoms with Crippen molar-refractivity contribution in [2.24, 2.45) is 4.99 Å². The molecule has 1 aromatic rings. The normalized spacial score (nSPS) is 21.4. The van der Waals surface area contributed by atoms with Crippen LogP contribution < -0.4 is 5.32 Å². The quantitative estimate of drug-likeness (QED) is 0.926. The Labute approximate surface area is 141 Å². The van der Waals surface area contributed by atoms with Crippen LogP contribution in [-0.4, -0.2) is 29.0 Å². The zero-order valence-corrected chi connectivity index (χ0v) is 13.5. The monoisotopic (exact) mass is 324 g/mol. The molecule has 1 aromatic heterocycles. The summed E-state index contributed by atoms with van der Waals surface area (Å²) in [6.07, 6.45) is 13.5. The van der Waals surface area contributed by atoms with E-state index in [0.29, 0.717) is 18.3 Å². The van der Waals surface area contributed by atoms with Gasteiger partial charge in [0.1, 0.15) is 18.3 Å². The maximum absolute atomic E-state index is 5.93. The average molecular weight is 324 g/mol. The molecule has 1 N–H and O–H groups in total. The first-order valence-corrected chi connectivity index (χ1v) is 8.32. The van der Waals surface area contributed by atoms with Crippen LogP contribution >= 0.6 is 0 Å². The van der Waals surface area contributed by atoms with Crippen molar-refractivity contribution in [1.82, 2.24) is 15.3 Å². The lowest BCUT2D eigenvalue weighted by atomic mass is 10.0. The van der Waals surface area contributed by atoms with Crippen molar-refractivity contribution >= 4 is 11.7 Å². The van der Waals surface area contributed by atoms with Gasteiger partial charge in [-0.1, -0.05) is 23.8 Å². The number of fused-ring (bicyclic) bond motifs is 1. The van der Waals surface area contributed by atoms with E-state index in [4.69, 9.17) is 9.47 Å². The summed E-state index contributed by atoms with van der Waals surface area (Å²) in [5.74, 6) is 2.05. The van der Waals surface area contributed by atoms with Gasteiger partial charge in [-0.05, 0) is 25.8 Å². The topological polar surface area (TPSA) is 68.6 Å². The van der Waals surface area contributed by atoms with Gasteiger partial charge in [0.15, 0.2) is 12.4 Å². The first-order valence-electron chi connectivity index (χ1n) is 8.32. The van der Waals surface area contributed by atoms with Gasteiger partial charge in [-0.15, -0.1) is 0 Å². The Bertz CT molecular complexity index is 749. The van der Waals surface area contributed by atoms with E-state index in [-0.39, 0.29) is 0 Å². The Morgan fingerprint density at radius 2 is 2.25 bits per heavy atom. The third-order valence-electron chi connectivity index (χ3n) is 4.26. The molecule has 0 spiro atoms. The number of hydrogen-bond acceptors (Lipinski definition) is 6. The molecule has 2 aliphatic heterocycles. The Morgan fingerprint density at radius 3 is 3.17 bits per heavy atom. The van der Waals surface area contributed by atoms with Gasteiger partial charge in [0.25, 0.3) is 0 Å². The fourth-order valence-corrected chi connectivity index (χ4v) is 3.05. The number of nitrogens with one attached hydrogen (secondary N) is 1. The second-order valence-electron chi connectivity index (χ2n) is 6.02. The van der Waals surface area contributed by atoms with Crippen molar-refractivity contribution < 1.29 is 9.47 Å². The Balaban J connectivity index is 1.51. The summed E-state index contributed by atoms with van der Waals surface area (Å²) in [6.45, 7) is 2.02. The van der Waals surface area contributed by atoms with Gasteiger partial charge in [0.05, 0.1) is 5.69 Å². The van der Waals surface area contributed by atoms with Crippen LogP contribution in [0.15, 0.2) is 47.1 Å².